The molecule has 0 saturated heterocycles. The number of hydrogen-bond donors (Lipinski definition) is 5. The van der Waals surface area contributed by atoms with E-state index in [1.807, 2.05) is 109 Å². The molecule has 0 spiro atoms. The minimum absolute atomic E-state index is 0.0332. The highest BCUT2D eigenvalue weighted by Gasteiger charge is 2.38. The zero-order chi connectivity index (χ0) is 36.3. The zero-order valence-electron chi connectivity index (χ0n) is 26.7. The minimum atomic E-state index is -5.08. The highest BCUT2D eigenvalue weighted by molar-refractivity contribution is 7.58. The number of aryl methyl sites for hydroxylation is 1. The Balaban J connectivity index is 0.000000727. The lowest BCUT2D eigenvalue weighted by atomic mass is 9.96. The van der Waals surface area contributed by atoms with Gasteiger partial charge in [0.15, 0.2) is 0 Å². The predicted octanol–water partition coefficient (Wildman–Crippen LogP) is 6.95. The van der Waals surface area contributed by atoms with Gasteiger partial charge in [-0.05, 0) is 46.7 Å². The number of aliphatic carboxylic acids is 2. The number of aromatic nitrogens is 1. The maximum Gasteiger partial charge on any atom is 0.490 e. The molecule has 5 aromatic rings. The van der Waals surface area contributed by atoms with Gasteiger partial charge in [-0.2, -0.15) is 13.2 Å². The Morgan fingerprint density at radius 1 is 0.760 bits per heavy atom. The summed E-state index contributed by atoms with van der Waals surface area (Å²) < 4.78 is 45.1. The number of carbonyl (C=O) groups excluding carboxylic acids is 1. The van der Waals surface area contributed by atoms with Gasteiger partial charge in [0.05, 0.1) is 5.92 Å². The normalized spacial score (nSPS) is 13.7. The van der Waals surface area contributed by atoms with Crippen LogP contribution in [0.3, 0.4) is 0 Å². The lowest BCUT2D eigenvalue weighted by molar-refractivity contribution is -0.192. The number of alkyl halides is 3. The van der Waals surface area contributed by atoms with Crippen LogP contribution in [0.2, 0.25) is 0 Å². The fourth-order valence-corrected chi connectivity index (χ4v) is 7.16. The Bertz CT molecular complexity index is 1930. The number of carboxylic acid groups (broad SMARTS) is 2. The smallest absolute Gasteiger partial charge is 0.480 e. The zero-order valence-corrected chi connectivity index (χ0v) is 27.6. The number of para-hydroxylation sites is 1. The second-order valence-electron chi connectivity index (χ2n) is 11.7. The number of carboxylic acids is 2. The van der Waals surface area contributed by atoms with Gasteiger partial charge in [-0.1, -0.05) is 103 Å². The Kier molecular flexibility index (Phi) is 12.8. The van der Waals surface area contributed by atoms with Crippen LogP contribution in [0.25, 0.3) is 22.0 Å². The number of aromatic amines is 1. The van der Waals surface area contributed by atoms with Gasteiger partial charge >= 0.3 is 18.1 Å². The van der Waals surface area contributed by atoms with Crippen molar-refractivity contribution in [2.75, 3.05) is 12.3 Å². The molecule has 1 unspecified atom stereocenters. The Hall–Kier alpha value is -5.19. The monoisotopic (exact) mass is 708 g/mol. The Labute approximate surface area is 286 Å². The van der Waals surface area contributed by atoms with Crippen LogP contribution in [0.1, 0.15) is 16.7 Å². The van der Waals surface area contributed by atoms with E-state index in [9.17, 15) is 37.3 Å². The Morgan fingerprint density at radius 3 is 1.92 bits per heavy atom. The fraction of sp³-hybridized carbons (Fsp3) is 0.216. The van der Waals surface area contributed by atoms with Crippen molar-refractivity contribution in [2.24, 2.45) is 5.92 Å². The van der Waals surface area contributed by atoms with Crippen LogP contribution in [0.15, 0.2) is 115 Å². The number of carbonyl (C=O) groups is 3. The van der Waals surface area contributed by atoms with Crippen molar-refractivity contribution >= 4 is 36.1 Å². The van der Waals surface area contributed by atoms with E-state index < -0.39 is 43.4 Å². The number of benzene rings is 4. The first-order chi connectivity index (χ1) is 23.7. The van der Waals surface area contributed by atoms with Crippen LogP contribution < -0.4 is 5.32 Å². The quantitative estimate of drug-likeness (QED) is 0.0829. The van der Waals surface area contributed by atoms with E-state index >= 15 is 0 Å². The van der Waals surface area contributed by atoms with E-state index in [0.717, 1.165) is 38.7 Å². The van der Waals surface area contributed by atoms with Crippen molar-refractivity contribution < 1.29 is 47.2 Å². The third-order valence-corrected chi connectivity index (χ3v) is 9.90. The van der Waals surface area contributed by atoms with Crippen molar-refractivity contribution in [3.05, 3.63) is 132 Å². The van der Waals surface area contributed by atoms with Gasteiger partial charge in [-0.3, -0.25) is 9.36 Å². The van der Waals surface area contributed by atoms with Crippen LogP contribution in [0.5, 0.6) is 0 Å². The van der Waals surface area contributed by atoms with Crippen molar-refractivity contribution in [3.8, 4) is 11.1 Å². The number of hydrogen-bond acceptors (Lipinski definition) is 4. The lowest BCUT2D eigenvalue weighted by Crippen LogP contribution is -2.46. The minimum Gasteiger partial charge on any atom is -0.480 e. The molecule has 1 heterocycles. The third-order valence-electron chi connectivity index (χ3n) is 7.97. The SMILES string of the molecule is O=C(N[C@@H](Cc1c[nH]c2ccccc12)C(=O)O)[C@H](Cc1ccc(-c2ccccc2)cc1)CP(=O)(O)CCc1ccccc1.O=C(O)C(F)(F)F. The first-order valence-corrected chi connectivity index (χ1v) is 17.6. The van der Waals surface area contributed by atoms with E-state index in [2.05, 4.69) is 10.3 Å². The molecule has 9 nitrogen and oxygen atoms in total. The number of halogens is 3. The van der Waals surface area contributed by atoms with Crippen molar-refractivity contribution in [1.29, 1.82) is 0 Å². The summed E-state index contributed by atoms with van der Waals surface area (Å²) in [5.41, 5.74) is 5.50. The predicted molar refractivity (Wildman–Crippen MR) is 184 cm³/mol. The second-order valence-corrected chi connectivity index (χ2v) is 14.2. The van der Waals surface area contributed by atoms with Crippen molar-refractivity contribution in [3.63, 3.8) is 0 Å². The van der Waals surface area contributed by atoms with Crippen LogP contribution in [-0.4, -0.2) is 62.5 Å². The number of fused-ring (bicyclic) bond motifs is 1. The highest BCUT2D eigenvalue weighted by Crippen LogP contribution is 2.44. The van der Waals surface area contributed by atoms with Crippen LogP contribution in [0, 0.1) is 5.92 Å². The largest absolute Gasteiger partial charge is 0.490 e. The van der Waals surface area contributed by atoms with Gasteiger partial charge in [0.2, 0.25) is 13.3 Å². The number of amides is 1. The van der Waals surface area contributed by atoms with Crippen molar-refractivity contribution in [2.45, 2.75) is 31.5 Å². The summed E-state index contributed by atoms with van der Waals surface area (Å²) in [7, 11) is -3.73. The van der Waals surface area contributed by atoms with Gasteiger partial charge in [-0.15, -0.1) is 0 Å². The first kappa shape index (κ1) is 37.6. The molecule has 4 aromatic carbocycles. The molecule has 3 atom stereocenters. The van der Waals surface area contributed by atoms with Crippen molar-refractivity contribution in [1.82, 2.24) is 10.3 Å². The average molecular weight is 709 g/mol. The molecule has 0 aliphatic rings. The molecule has 0 radical (unpaired) electrons. The van der Waals surface area contributed by atoms with Crippen LogP contribution >= 0.6 is 7.37 Å². The summed E-state index contributed by atoms with van der Waals surface area (Å²) >= 11 is 0. The van der Waals surface area contributed by atoms with E-state index in [1.165, 1.54) is 0 Å². The van der Waals surface area contributed by atoms with Crippen LogP contribution in [0.4, 0.5) is 13.2 Å². The summed E-state index contributed by atoms with van der Waals surface area (Å²) in [6.45, 7) is 0. The molecule has 0 fully saturated rings. The third kappa shape index (κ3) is 11.2. The maximum atomic E-state index is 13.7. The fourth-order valence-electron chi connectivity index (χ4n) is 5.38. The second kappa shape index (κ2) is 17.0. The van der Waals surface area contributed by atoms with E-state index in [0.29, 0.717) is 6.42 Å². The number of rotatable bonds is 13. The standard InChI is InChI=1S/C35H35N2O5P.C2HF3O2/c38-34(37-33(35(39)40)22-29-23-36-32-14-8-7-13-31(29)32)30(24-43(41,42)20-19-25-9-3-1-4-10-25)21-26-15-17-28(18-16-26)27-11-5-2-6-12-27;3-2(4,5)1(6)7/h1-18,23,30,33,36H,19-22,24H2,(H,37,38)(H,39,40)(H,41,42);(H,6,7)/t30-,33+;/m1./s1. The van der Waals surface area contributed by atoms with E-state index in [1.54, 1.807) is 6.20 Å². The van der Waals surface area contributed by atoms with Gasteiger partial charge < -0.3 is 25.4 Å². The summed E-state index contributed by atoms with van der Waals surface area (Å²) in [5, 5.41) is 20.7. The van der Waals surface area contributed by atoms with Gasteiger partial charge in [0, 0.05) is 35.8 Å². The number of nitrogens with one attached hydrogen (secondary N) is 2. The van der Waals surface area contributed by atoms with Crippen LogP contribution in [-0.2, 0) is 38.2 Å². The first-order valence-electron chi connectivity index (χ1n) is 15.6. The molecule has 13 heteroatoms. The molecule has 0 aliphatic carbocycles. The summed E-state index contributed by atoms with van der Waals surface area (Å²) in [4.78, 5) is 49.0. The maximum absolute atomic E-state index is 13.7. The average Bonchev–Trinajstić information content (AvgIpc) is 3.50. The lowest BCUT2D eigenvalue weighted by Gasteiger charge is -2.23. The summed E-state index contributed by atoms with van der Waals surface area (Å²) in [6, 6.07) is 33.5. The molecule has 0 bridgehead atoms. The molecule has 5 rings (SSSR count). The molecule has 1 amide bonds. The van der Waals surface area contributed by atoms with E-state index in [4.69, 9.17) is 9.90 Å². The van der Waals surface area contributed by atoms with E-state index in [-0.39, 0.29) is 25.2 Å². The molecule has 50 heavy (non-hydrogen) atoms. The molecular formula is C37H36F3N2O7P. The molecule has 0 saturated carbocycles. The summed E-state index contributed by atoms with van der Waals surface area (Å²) in [5.74, 6) is -5.36. The molecule has 0 aliphatic heterocycles. The topological polar surface area (TPSA) is 157 Å². The molecular weight excluding hydrogens is 672 g/mol. The Morgan fingerprint density at radius 2 is 1.32 bits per heavy atom. The van der Waals surface area contributed by atoms with Gasteiger partial charge in [-0.25, -0.2) is 9.59 Å². The van der Waals surface area contributed by atoms with Gasteiger partial charge in [0.25, 0.3) is 0 Å². The highest BCUT2D eigenvalue weighted by atomic mass is 31.2. The molecule has 5 N–H and O–H groups in total. The molecule has 1 aromatic heterocycles. The number of H-pyrrole nitrogens is 1. The van der Waals surface area contributed by atoms with Gasteiger partial charge in [0.1, 0.15) is 6.04 Å². The molecule has 262 valence electrons. The summed E-state index contributed by atoms with van der Waals surface area (Å²) in [6.07, 6.45) is -2.85.